The van der Waals surface area contributed by atoms with Gasteiger partial charge in [-0.05, 0) is 23.6 Å². The van der Waals surface area contributed by atoms with Gasteiger partial charge in [0.2, 0.25) is 11.8 Å². The van der Waals surface area contributed by atoms with Crippen LogP contribution in [0.5, 0.6) is 0 Å². The highest BCUT2D eigenvalue weighted by molar-refractivity contribution is 5.87. The van der Waals surface area contributed by atoms with Crippen molar-refractivity contribution in [3.8, 4) is 0 Å². The summed E-state index contributed by atoms with van der Waals surface area (Å²) in [4.78, 5) is 25.4. The third kappa shape index (κ3) is 3.93. The number of benzene rings is 1. The van der Waals surface area contributed by atoms with Crippen molar-refractivity contribution in [2.24, 2.45) is 0 Å². The molecule has 0 saturated carbocycles. The predicted octanol–water partition coefficient (Wildman–Crippen LogP) is 2.23. The molecule has 0 bridgehead atoms. The first kappa shape index (κ1) is 18.5. The van der Waals surface area contributed by atoms with Crippen LogP contribution in [0.1, 0.15) is 30.1 Å². The first-order valence-electron chi connectivity index (χ1n) is 8.68. The molecule has 1 N–H and O–H groups in total. The number of piperidine rings is 1. The van der Waals surface area contributed by atoms with Gasteiger partial charge in [-0.1, -0.05) is 30.8 Å². The van der Waals surface area contributed by atoms with Crippen LogP contribution in [0.15, 0.2) is 36.9 Å². The van der Waals surface area contributed by atoms with Gasteiger partial charge in [-0.25, -0.2) is 8.78 Å². The minimum Gasteiger partial charge on any atom is -0.373 e. The number of amides is 2. The third-order valence-corrected chi connectivity index (χ3v) is 4.93. The molecule has 2 aliphatic heterocycles. The Bertz CT molecular complexity index is 708. The van der Waals surface area contributed by atoms with Crippen LogP contribution in [-0.4, -0.2) is 48.4 Å². The van der Waals surface area contributed by atoms with Crippen molar-refractivity contribution >= 4 is 11.8 Å². The van der Waals surface area contributed by atoms with Crippen molar-refractivity contribution in [2.45, 2.75) is 37.3 Å². The second-order valence-corrected chi connectivity index (χ2v) is 6.63. The standard InChI is InChI=1S/C19H22F2N2O3/c1-2-17(24)22-16-12-23(9-8-19(16,20)21)18(25)11-15-14-6-4-3-5-13(14)7-10-26-15/h2-6,15-16H,1,7-12H2,(H,22,24). The summed E-state index contributed by atoms with van der Waals surface area (Å²) >= 11 is 0. The number of halogens is 2. The molecule has 140 valence electrons. The van der Waals surface area contributed by atoms with E-state index in [1.54, 1.807) is 0 Å². The molecule has 2 aliphatic rings. The fourth-order valence-electron chi connectivity index (χ4n) is 3.45. The van der Waals surface area contributed by atoms with E-state index in [2.05, 4.69) is 11.9 Å². The fraction of sp³-hybridized carbons (Fsp3) is 0.474. The largest absolute Gasteiger partial charge is 0.373 e. The number of ether oxygens (including phenoxy) is 1. The van der Waals surface area contributed by atoms with Crippen molar-refractivity contribution in [1.29, 1.82) is 0 Å². The number of carbonyl (C=O) groups is 2. The molecule has 1 fully saturated rings. The van der Waals surface area contributed by atoms with Crippen molar-refractivity contribution in [3.05, 3.63) is 48.0 Å². The van der Waals surface area contributed by atoms with Gasteiger partial charge in [0.1, 0.15) is 6.04 Å². The Kier molecular flexibility index (Phi) is 5.36. The minimum atomic E-state index is -3.05. The second kappa shape index (κ2) is 7.53. The smallest absolute Gasteiger partial charge is 0.271 e. The van der Waals surface area contributed by atoms with Gasteiger partial charge in [-0.2, -0.15) is 0 Å². The molecular formula is C19H22F2N2O3. The molecule has 0 aliphatic carbocycles. The number of hydrogen-bond donors (Lipinski definition) is 1. The maximum Gasteiger partial charge on any atom is 0.271 e. The number of alkyl halides is 2. The number of nitrogens with zero attached hydrogens (tertiary/aromatic N) is 1. The van der Waals surface area contributed by atoms with Crippen molar-refractivity contribution < 1.29 is 23.1 Å². The van der Waals surface area contributed by atoms with Crippen LogP contribution in [0.3, 0.4) is 0 Å². The van der Waals surface area contributed by atoms with Gasteiger partial charge in [0.05, 0.1) is 19.1 Å². The summed E-state index contributed by atoms with van der Waals surface area (Å²) in [6.07, 6.45) is 1.00. The lowest BCUT2D eigenvalue weighted by Crippen LogP contribution is -2.59. The fourth-order valence-corrected chi connectivity index (χ4v) is 3.45. The summed E-state index contributed by atoms with van der Waals surface area (Å²) in [6.45, 7) is 3.54. The van der Waals surface area contributed by atoms with E-state index >= 15 is 0 Å². The molecule has 1 aromatic carbocycles. The molecule has 2 unspecified atom stereocenters. The molecule has 7 heteroatoms. The average molecular weight is 364 g/mol. The summed E-state index contributed by atoms with van der Waals surface area (Å²) in [7, 11) is 0. The molecule has 0 aromatic heterocycles. The Morgan fingerprint density at radius 1 is 1.38 bits per heavy atom. The van der Waals surface area contributed by atoms with Gasteiger partial charge in [-0.3, -0.25) is 9.59 Å². The first-order valence-corrected chi connectivity index (χ1v) is 8.68. The molecule has 26 heavy (non-hydrogen) atoms. The lowest BCUT2D eigenvalue weighted by Gasteiger charge is -2.39. The van der Waals surface area contributed by atoms with Gasteiger partial charge in [0.25, 0.3) is 5.92 Å². The molecule has 3 rings (SSSR count). The lowest BCUT2D eigenvalue weighted by atomic mass is 9.94. The number of likely N-dealkylation sites (tertiary alicyclic amines) is 1. The van der Waals surface area contributed by atoms with E-state index in [0.29, 0.717) is 6.61 Å². The highest BCUT2D eigenvalue weighted by Gasteiger charge is 2.46. The maximum absolute atomic E-state index is 14.0. The van der Waals surface area contributed by atoms with Gasteiger partial charge in [0, 0.05) is 19.5 Å². The summed E-state index contributed by atoms with van der Waals surface area (Å²) < 4.78 is 33.8. The summed E-state index contributed by atoms with van der Waals surface area (Å²) in [5.74, 6) is -3.97. The quantitative estimate of drug-likeness (QED) is 0.834. The highest BCUT2D eigenvalue weighted by atomic mass is 19.3. The molecular weight excluding hydrogens is 342 g/mol. The van der Waals surface area contributed by atoms with Crippen LogP contribution in [0, 0.1) is 0 Å². The summed E-state index contributed by atoms with van der Waals surface area (Å²) in [6, 6.07) is 6.38. The monoisotopic (exact) mass is 364 g/mol. The maximum atomic E-state index is 14.0. The van der Waals surface area contributed by atoms with Crippen molar-refractivity contribution in [2.75, 3.05) is 19.7 Å². The zero-order chi connectivity index (χ0) is 18.7. The molecule has 2 heterocycles. The van der Waals surface area contributed by atoms with Crippen LogP contribution in [0.25, 0.3) is 0 Å². The molecule has 0 radical (unpaired) electrons. The highest BCUT2D eigenvalue weighted by Crippen LogP contribution is 2.32. The van der Waals surface area contributed by atoms with E-state index in [4.69, 9.17) is 4.74 Å². The van der Waals surface area contributed by atoms with E-state index in [1.807, 2.05) is 24.3 Å². The number of fused-ring (bicyclic) bond motifs is 1. The Hall–Kier alpha value is -2.28. The zero-order valence-electron chi connectivity index (χ0n) is 14.4. The molecule has 1 aromatic rings. The minimum absolute atomic E-state index is 0.0410. The number of carbonyl (C=O) groups excluding carboxylic acids is 2. The van der Waals surface area contributed by atoms with E-state index in [-0.39, 0.29) is 31.5 Å². The normalized spacial score (nSPS) is 24.5. The van der Waals surface area contributed by atoms with Gasteiger partial charge in [0.15, 0.2) is 0 Å². The van der Waals surface area contributed by atoms with Crippen LogP contribution in [0.4, 0.5) is 8.78 Å². The van der Waals surface area contributed by atoms with Crippen LogP contribution in [0.2, 0.25) is 0 Å². The van der Waals surface area contributed by atoms with E-state index in [9.17, 15) is 18.4 Å². The Morgan fingerprint density at radius 2 is 2.15 bits per heavy atom. The van der Waals surface area contributed by atoms with Crippen molar-refractivity contribution in [1.82, 2.24) is 10.2 Å². The molecule has 1 saturated heterocycles. The molecule has 2 atom stereocenters. The average Bonchev–Trinajstić information content (AvgIpc) is 2.63. The summed E-state index contributed by atoms with van der Waals surface area (Å²) in [5.41, 5.74) is 2.13. The van der Waals surface area contributed by atoms with Crippen LogP contribution < -0.4 is 5.32 Å². The predicted molar refractivity (Wildman–Crippen MR) is 91.7 cm³/mol. The van der Waals surface area contributed by atoms with Crippen LogP contribution in [-0.2, 0) is 20.7 Å². The van der Waals surface area contributed by atoms with E-state index in [1.165, 1.54) is 4.90 Å². The Labute approximate surface area is 151 Å². The summed E-state index contributed by atoms with van der Waals surface area (Å²) in [5, 5.41) is 2.23. The van der Waals surface area contributed by atoms with Crippen molar-refractivity contribution in [3.63, 3.8) is 0 Å². The van der Waals surface area contributed by atoms with E-state index < -0.39 is 24.3 Å². The number of rotatable bonds is 4. The first-order chi connectivity index (χ1) is 12.4. The molecule has 5 nitrogen and oxygen atoms in total. The zero-order valence-corrected chi connectivity index (χ0v) is 14.4. The Morgan fingerprint density at radius 3 is 2.92 bits per heavy atom. The Balaban J connectivity index is 1.67. The van der Waals surface area contributed by atoms with E-state index in [0.717, 1.165) is 23.6 Å². The SMILES string of the molecule is C=CC(=O)NC1CN(C(=O)CC2OCCc3ccccc32)CCC1(F)F. The topological polar surface area (TPSA) is 58.6 Å². The van der Waals surface area contributed by atoms with Crippen LogP contribution >= 0.6 is 0 Å². The van der Waals surface area contributed by atoms with Gasteiger partial charge >= 0.3 is 0 Å². The molecule has 2 amide bonds. The van der Waals surface area contributed by atoms with Gasteiger partial charge < -0.3 is 15.0 Å². The van der Waals surface area contributed by atoms with Gasteiger partial charge in [-0.15, -0.1) is 0 Å². The third-order valence-electron chi connectivity index (χ3n) is 4.93. The lowest BCUT2D eigenvalue weighted by molar-refractivity contribution is -0.146. The number of nitrogens with one attached hydrogen (secondary N) is 1. The molecule has 0 spiro atoms. The second-order valence-electron chi connectivity index (χ2n) is 6.63. The number of hydrogen-bond acceptors (Lipinski definition) is 3.